The maximum Gasteiger partial charge on any atom is 0.316 e. The molecule has 1 fully saturated rings. The minimum absolute atomic E-state index is 0.0830. The Balaban J connectivity index is 1.62. The number of aryl methyl sites for hydroxylation is 3. The molecule has 4 rings (SSSR count). The van der Waals surface area contributed by atoms with Gasteiger partial charge in [-0.1, -0.05) is 29.4 Å². The van der Waals surface area contributed by atoms with E-state index in [4.69, 9.17) is 4.52 Å². The maximum atomic E-state index is 13.2. The number of aromatic nitrogens is 2. The lowest BCUT2D eigenvalue weighted by Gasteiger charge is -2.24. The number of piperidine rings is 1. The van der Waals surface area contributed by atoms with E-state index in [1.165, 1.54) is 6.07 Å². The van der Waals surface area contributed by atoms with Gasteiger partial charge in [0.25, 0.3) is 10.0 Å². The minimum Gasteiger partial charge on any atom is -0.334 e. The Hall–Kier alpha value is -3.20. The van der Waals surface area contributed by atoms with Crippen molar-refractivity contribution in [3.8, 4) is 11.4 Å². The highest BCUT2D eigenvalue weighted by atomic mass is 32.2. The number of likely N-dealkylation sites (tertiary alicyclic amines) is 1. The van der Waals surface area contributed by atoms with Crippen molar-refractivity contribution in [2.75, 3.05) is 17.8 Å². The van der Waals surface area contributed by atoms with E-state index >= 15 is 0 Å². The summed E-state index contributed by atoms with van der Waals surface area (Å²) in [6, 6.07) is 10.5. The molecule has 1 aromatic heterocycles. The molecule has 1 amide bonds. The monoisotopic (exact) mass is 454 g/mol. The number of nitrogens with zero attached hydrogens (tertiary/aromatic N) is 3. The van der Waals surface area contributed by atoms with E-state index in [-0.39, 0.29) is 22.5 Å². The summed E-state index contributed by atoms with van der Waals surface area (Å²) < 4.78 is 34.2. The number of carbonyl (C=O) groups excluding carboxylic acids is 1. The van der Waals surface area contributed by atoms with E-state index in [0.29, 0.717) is 29.9 Å². The van der Waals surface area contributed by atoms with Gasteiger partial charge in [-0.15, -0.1) is 0 Å². The number of hydrogen-bond donors (Lipinski definition) is 1. The molecule has 0 unspecified atom stereocenters. The Labute approximate surface area is 187 Å². The van der Waals surface area contributed by atoms with Gasteiger partial charge in [-0.05, 0) is 68.9 Å². The highest BCUT2D eigenvalue weighted by molar-refractivity contribution is 7.92. The van der Waals surface area contributed by atoms with Gasteiger partial charge in [-0.25, -0.2) is 8.42 Å². The van der Waals surface area contributed by atoms with Crippen LogP contribution in [0, 0.1) is 20.8 Å². The van der Waals surface area contributed by atoms with Gasteiger partial charge in [-0.3, -0.25) is 9.52 Å². The molecule has 3 aromatic rings. The van der Waals surface area contributed by atoms with E-state index in [2.05, 4.69) is 14.9 Å². The Morgan fingerprint density at radius 1 is 1.00 bits per heavy atom. The first-order valence-corrected chi connectivity index (χ1v) is 12.1. The summed E-state index contributed by atoms with van der Waals surface area (Å²) in [5.74, 6) is -0.200. The lowest BCUT2D eigenvalue weighted by molar-refractivity contribution is 0.0674. The second-order valence-electron chi connectivity index (χ2n) is 8.18. The lowest BCUT2D eigenvalue weighted by Crippen LogP contribution is -2.35. The topological polar surface area (TPSA) is 105 Å². The average molecular weight is 455 g/mol. The van der Waals surface area contributed by atoms with Gasteiger partial charge in [0.05, 0.1) is 10.6 Å². The molecule has 0 atom stereocenters. The molecule has 1 saturated heterocycles. The van der Waals surface area contributed by atoms with Crippen LogP contribution in [-0.2, 0) is 10.0 Å². The molecule has 2 heterocycles. The number of benzene rings is 2. The van der Waals surface area contributed by atoms with Crippen LogP contribution >= 0.6 is 0 Å². The van der Waals surface area contributed by atoms with Crippen LogP contribution in [0.1, 0.15) is 46.6 Å². The van der Waals surface area contributed by atoms with Gasteiger partial charge in [0.2, 0.25) is 5.82 Å². The molecule has 8 nitrogen and oxygen atoms in total. The van der Waals surface area contributed by atoms with Crippen molar-refractivity contribution >= 4 is 21.6 Å². The summed E-state index contributed by atoms with van der Waals surface area (Å²) in [6.45, 7) is 6.83. The fourth-order valence-corrected chi connectivity index (χ4v) is 5.13. The molecule has 168 valence electrons. The van der Waals surface area contributed by atoms with Crippen LogP contribution < -0.4 is 4.72 Å². The van der Waals surface area contributed by atoms with Crippen molar-refractivity contribution in [2.45, 2.75) is 44.9 Å². The second kappa shape index (κ2) is 8.74. The molecule has 0 spiro atoms. The van der Waals surface area contributed by atoms with E-state index in [9.17, 15) is 13.2 Å². The first kappa shape index (κ1) is 22.0. The van der Waals surface area contributed by atoms with E-state index < -0.39 is 10.0 Å². The predicted octanol–water partition coefficient (Wildman–Crippen LogP) is 4.09. The molecule has 9 heteroatoms. The van der Waals surface area contributed by atoms with Crippen LogP contribution in [0.3, 0.4) is 0 Å². The number of anilines is 1. The number of rotatable bonds is 5. The molecular weight excluding hydrogens is 428 g/mol. The number of carbonyl (C=O) groups is 1. The summed E-state index contributed by atoms with van der Waals surface area (Å²) in [5.41, 5.74) is 3.35. The molecule has 32 heavy (non-hydrogen) atoms. The van der Waals surface area contributed by atoms with Crippen molar-refractivity contribution in [3.63, 3.8) is 0 Å². The number of amides is 1. The van der Waals surface area contributed by atoms with Crippen molar-refractivity contribution in [1.29, 1.82) is 0 Å². The van der Waals surface area contributed by atoms with Crippen molar-refractivity contribution < 1.29 is 17.7 Å². The van der Waals surface area contributed by atoms with Crippen LogP contribution in [0.25, 0.3) is 11.4 Å². The van der Waals surface area contributed by atoms with Gasteiger partial charge < -0.3 is 9.42 Å². The molecule has 0 radical (unpaired) electrons. The third-order valence-electron chi connectivity index (χ3n) is 5.63. The zero-order chi connectivity index (χ0) is 22.9. The van der Waals surface area contributed by atoms with E-state index in [1.807, 2.05) is 26.0 Å². The van der Waals surface area contributed by atoms with E-state index in [1.54, 1.807) is 30.0 Å². The highest BCUT2D eigenvalue weighted by Gasteiger charge is 2.25. The fraction of sp³-hybridized carbons (Fsp3) is 0.348. The minimum atomic E-state index is -3.85. The van der Waals surface area contributed by atoms with Crippen molar-refractivity contribution in [1.82, 2.24) is 15.0 Å². The zero-order valence-electron chi connectivity index (χ0n) is 18.4. The number of hydrogen-bond acceptors (Lipinski definition) is 6. The van der Waals surface area contributed by atoms with Gasteiger partial charge >= 0.3 is 11.8 Å². The summed E-state index contributed by atoms with van der Waals surface area (Å²) >= 11 is 0. The van der Waals surface area contributed by atoms with Gasteiger partial charge in [0.1, 0.15) is 0 Å². The third-order valence-corrected chi connectivity index (χ3v) is 7.13. The lowest BCUT2D eigenvalue weighted by atomic mass is 10.1. The van der Waals surface area contributed by atoms with Crippen LogP contribution in [0.5, 0.6) is 0 Å². The van der Waals surface area contributed by atoms with Gasteiger partial charge in [0.15, 0.2) is 0 Å². The van der Waals surface area contributed by atoms with Crippen LogP contribution in [0.15, 0.2) is 45.8 Å². The Bertz CT molecular complexity index is 1260. The van der Waals surface area contributed by atoms with Crippen molar-refractivity contribution in [3.05, 3.63) is 59.0 Å². The molecule has 2 aromatic carbocycles. The maximum absolute atomic E-state index is 13.2. The number of sulfonamides is 1. The third kappa shape index (κ3) is 4.52. The zero-order valence-corrected chi connectivity index (χ0v) is 19.2. The van der Waals surface area contributed by atoms with E-state index in [0.717, 1.165) is 30.4 Å². The largest absolute Gasteiger partial charge is 0.334 e. The van der Waals surface area contributed by atoms with Gasteiger partial charge in [0, 0.05) is 18.7 Å². The molecule has 0 aliphatic carbocycles. The Kier molecular flexibility index (Phi) is 6.01. The average Bonchev–Trinajstić information content (AvgIpc) is 3.26. The van der Waals surface area contributed by atoms with Crippen LogP contribution in [0.2, 0.25) is 0 Å². The normalized spacial score (nSPS) is 14.4. The highest BCUT2D eigenvalue weighted by Crippen LogP contribution is 2.27. The van der Waals surface area contributed by atoms with Crippen molar-refractivity contribution in [2.24, 2.45) is 0 Å². The SMILES string of the molecule is Cc1ccc(C)c(NS(=O)(=O)c2cc(-c3noc(C(=O)N4CCCCC4)n3)ccc2C)c1. The quantitative estimate of drug-likeness (QED) is 0.623. The Morgan fingerprint density at radius 3 is 2.47 bits per heavy atom. The van der Waals surface area contributed by atoms with Crippen LogP contribution in [0.4, 0.5) is 5.69 Å². The summed E-state index contributed by atoms with van der Waals surface area (Å²) in [6.07, 6.45) is 3.02. The van der Waals surface area contributed by atoms with Gasteiger partial charge in [-0.2, -0.15) is 4.98 Å². The standard InChI is InChI=1S/C23H26N4O4S/c1-15-7-8-16(2)19(13-15)26-32(29,30)20-14-18(10-9-17(20)3)21-24-22(31-25-21)23(28)27-11-5-4-6-12-27/h7-10,13-14,26H,4-6,11-12H2,1-3H3. The smallest absolute Gasteiger partial charge is 0.316 e. The van der Waals surface area contributed by atoms with Crippen LogP contribution in [-0.4, -0.2) is 42.5 Å². The first-order valence-electron chi connectivity index (χ1n) is 10.6. The molecule has 0 saturated carbocycles. The molecule has 1 aliphatic heterocycles. The first-order chi connectivity index (χ1) is 15.2. The predicted molar refractivity (Wildman–Crippen MR) is 121 cm³/mol. The molecule has 1 N–H and O–H groups in total. The molecule has 1 aliphatic rings. The Morgan fingerprint density at radius 2 is 1.72 bits per heavy atom. The molecule has 0 bridgehead atoms. The summed E-state index contributed by atoms with van der Waals surface area (Å²) in [5, 5.41) is 3.92. The number of nitrogens with one attached hydrogen (secondary N) is 1. The second-order valence-corrected chi connectivity index (χ2v) is 9.83. The summed E-state index contributed by atoms with van der Waals surface area (Å²) in [4.78, 5) is 18.7. The fourth-order valence-electron chi connectivity index (χ4n) is 3.73. The summed E-state index contributed by atoms with van der Waals surface area (Å²) in [7, 11) is -3.85. The molecular formula is C23H26N4O4S.